The van der Waals surface area contributed by atoms with Gasteiger partial charge in [0.05, 0.1) is 18.4 Å². The second kappa shape index (κ2) is 12.4. The topological polar surface area (TPSA) is 86.2 Å². The molecule has 0 aliphatic rings. The van der Waals surface area contributed by atoms with E-state index in [9.17, 15) is 9.59 Å². The standard InChI is InChI=1S/C28H30N2O5/c1-5-33-23-13-9-22(10-14-23)28(32)35-24-11-7-21(8-12-24)17-29-30-27(31)18-34-26-16-20(4)6-15-25(26)19(2)3/h6-17,19H,5,18H2,1-4H3,(H,30,31). The molecule has 0 spiro atoms. The Balaban J connectivity index is 1.48. The Bertz CT molecular complexity index is 1170. The van der Waals surface area contributed by atoms with Gasteiger partial charge in [-0.05, 0) is 91.1 Å². The summed E-state index contributed by atoms with van der Waals surface area (Å²) in [4.78, 5) is 24.4. The van der Waals surface area contributed by atoms with Crippen molar-refractivity contribution >= 4 is 18.1 Å². The van der Waals surface area contributed by atoms with Crippen LogP contribution in [0.3, 0.4) is 0 Å². The average molecular weight is 475 g/mol. The van der Waals surface area contributed by atoms with Gasteiger partial charge < -0.3 is 14.2 Å². The first-order valence-electron chi connectivity index (χ1n) is 11.5. The smallest absolute Gasteiger partial charge is 0.343 e. The van der Waals surface area contributed by atoms with Gasteiger partial charge in [0.15, 0.2) is 6.61 Å². The minimum Gasteiger partial charge on any atom is -0.494 e. The summed E-state index contributed by atoms with van der Waals surface area (Å²) in [6.45, 7) is 8.45. The molecule has 7 nitrogen and oxygen atoms in total. The van der Waals surface area contributed by atoms with E-state index in [1.165, 1.54) is 6.21 Å². The van der Waals surface area contributed by atoms with Crippen LogP contribution >= 0.6 is 0 Å². The summed E-state index contributed by atoms with van der Waals surface area (Å²) in [5.41, 5.74) is 5.73. The third-order valence-corrected chi connectivity index (χ3v) is 5.04. The fraction of sp³-hybridized carbons (Fsp3) is 0.250. The molecule has 3 aromatic carbocycles. The molecule has 0 heterocycles. The molecular weight excluding hydrogens is 444 g/mol. The van der Waals surface area contributed by atoms with Crippen LogP contribution in [0, 0.1) is 6.92 Å². The fourth-order valence-corrected chi connectivity index (χ4v) is 3.24. The molecule has 1 amide bonds. The minimum atomic E-state index is -0.462. The van der Waals surface area contributed by atoms with Crippen molar-refractivity contribution in [2.45, 2.75) is 33.6 Å². The number of hydrogen-bond donors (Lipinski definition) is 1. The second-order valence-corrected chi connectivity index (χ2v) is 8.19. The maximum atomic E-state index is 12.3. The van der Waals surface area contributed by atoms with Gasteiger partial charge in [-0.1, -0.05) is 26.0 Å². The number of nitrogens with zero attached hydrogens (tertiary/aromatic N) is 1. The summed E-state index contributed by atoms with van der Waals surface area (Å²) in [5.74, 6) is 1.26. The first-order valence-corrected chi connectivity index (χ1v) is 11.5. The lowest BCUT2D eigenvalue weighted by Crippen LogP contribution is -2.25. The number of carbonyl (C=O) groups is 2. The monoisotopic (exact) mass is 474 g/mol. The molecule has 0 bridgehead atoms. The Morgan fingerprint density at radius 2 is 1.63 bits per heavy atom. The lowest BCUT2D eigenvalue weighted by atomic mass is 10.0. The van der Waals surface area contributed by atoms with Crippen LogP contribution in [-0.2, 0) is 4.79 Å². The van der Waals surface area contributed by atoms with Gasteiger partial charge in [-0.2, -0.15) is 5.10 Å². The van der Waals surface area contributed by atoms with Gasteiger partial charge >= 0.3 is 5.97 Å². The molecule has 0 unspecified atom stereocenters. The van der Waals surface area contributed by atoms with Crippen LogP contribution in [0.25, 0.3) is 0 Å². The van der Waals surface area contributed by atoms with E-state index >= 15 is 0 Å². The van der Waals surface area contributed by atoms with E-state index in [-0.39, 0.29) is 18.4 Å². The molecule has 3 aromatic rings. The first-order chi connectivity index (χ1) is 16.9. The molecule has 3 rings (SSSR count). The van der Waals surface area contributed by atoms with Gasteiger partial charge in [0, 0.05) is 0 Å². The molecule has 0 atom stereocenters. The van der Waals surface area contributed by atoms with Crippen LogP contribution in [0.1, 0.15) is 53.7 Å². The third-order valence-electron chi connectivity index (χ3n) is 5.04. The molecule has 0 aromatic heterocycles. The molecule has 0 aliphatic heterocycles. The fourth-order valence-electron chi connectivity index (χ4n) is 3.24. The van der Waals surface area contributed by atoms with Crippen molar-refractivity contribution in [2.75, 3.05) is 13.2 Å². The molecular formula is C28H30N2O5. The van der Waals surface area contributed by atoms with Crippen molar-refractivity contribution in [1.82, 2.24) is 5.43 Å². The summed E-state index contributed by atoms with van der Waals surface area (Å²) >= 11 is 0. The zero-order valence-electron chi connectivity index (χ0n) is 20.4. The van der Waals surface area contributed by atoms with Crippen molar-refractivity contribution in [2.24, 2.45) is 5.10 Å². The molecule has 0 aliphatic carbocycles. The summed E-state index contributed by atoms with van der Waals surface area (Å²) in [6, 6.07) is 19.5. The number of ether oxygens (including phenoxy) is 3. The quantitative estimate of drug-likeness (QED) is 0.187. The predicted molar refractivity (Wildman–Crippen MR) is 136 cm³/mol. The van der Waals surface area contributed by atoms with E-state index in [0.717, 1.165) is 16.7 Å². The summed E-state index contributed by atoms with van der Waals surface area (Å²) in [7, 11) is 0. The normalized spacial score (nSPS) is 10.9. The van der Waals surface area contributed by atoms with Crippen LogP contribution < -0.4 is 19.6 Å². The molecule has 0 fully saturated rings. The van der Waals surface area contributed by atoms with Crippen LogP contribution in [0.2, 0.25) is 0 Å². The van der Waals surface area contributed by atoms with Crippen molar-refractivity contribution in [3.8, 4) is 17.2 Å². The highest BCUT2D eigenvalue weighted by molar-refractivity contribution is 5.91. The SMILES string of the molecule is CCOc1ccc(C(=O)Oc2ccc(C=NNC(=O)COc3cc(C)ccc3C(C)C)cc2)cc1. The number of nitrogens with one attached hydrogen (secondary N) is 1. The number of amides is 1. The van der Waals surface area contributed by atoms with E-state index < -0.39 is 5.97 Å². The van der Waals surface area contributed by atoms with Crippen molar-refractivity contribution in [3.63, 3.8) is 0 Å². The largest absolute Gasteiger partial charge is 0.494 e. The highest BCUT2D eigenvalue weighted by Gasteiger charge is 2.11. The van der Waals surface area contributed by atoms with Crippen LogP contribution in [0.4, 0.5) is 0 Å². The molecule has 0 saturated heterocycles. The Morgan fingerprint density at radius 1 is 0.943 bits per heavy atom. The Morgan fingerprint density at radius 3 is 2.29 bits per heavy atom. The highest BCUT2D eigenvalue weighted by Crippen LogP contribution is 2.27. The average Bonchev–Trinajstić information content (AvgIpc) is 2.84. The van der Waals surface area contributed by atoms with E-state index in [4.69, 9.17) is 14.2 Å². The van der Waals surface area contributed by atoms with E-state index in [1.807, 2.05) is 32.0 Å². The van der Waals surface area contributed by atoms with Crippen LogP contribution in [0.5, 0.6) is 17.2 Å². The Hall–Kier alpha value is -4.13. The number of benzene rings is 3. The van der Waals surface area contributed by atoms with Gasteiger partial charge in [0.1, 0.15) is 17.2 Å². The van der Waals surface area contributed by atoms with Crippen molar-refractivity contribution < 1.29 is 23.8 Å². The summed E-state index contributed by atoms with van der Waals surface area (Å²) in [6.07, 6.45) is 1.50. The lowest BCUT2D eigenvalue weighted by molar-refractivity contribution is -0.123. The molecule has 1 N–H and O–H groups in total. The molecule has 182 valence electrons. The number of aryl methyl sites for hydroxylation is 1. The van der Waals surface area contributed by atoms with Gasteiger partial charge in [0.2, 0.25) is 0 Å². The van der Waals surface area contributed by atoms with Crippen molar-refractivity contribution in [3.05, 3.63) is 89.0 Å². The number of esters is 1. The maximum Gasteiger partial charge on any atom is 0.343 e. The van der Waals surface area contributed by atoms with Gasteiger partial charge in [0.25, 0.3) is 5.91 Å². The first kappa shape index (κ1) is 25.5. The van der Waals surface area contributed by atoms with E-state index in [2.05, 4.69) is 24.4 Å². The molecule has 0 saturated carbocycles. The van der Waals surface area contributed by atoms with E-state index in [0.29, 0.717) is 29.4 Å². The number of rotatable bonds is 10. The Labute approximate surface area is 205 Å². The van der Waals surface area contributed by atoms with Gasteiger partial charge in [-0.15, -0.1) is 0 Å². The molecule has 7 heteroatoms. The predicted octanol–water partition coefficient (Wildman–Crippen LogP) is 5.27. The Kier molecular flexibility index (Phi) is 9.01. The van der Waals surface area contributed by atoms with E-state index in [1.54, 1.807) is 48.5 Å². The number of carbonyl (C=O) groups excluding carboxylic acids is 2. The zero-order valence-corrected chi connectivity index (χ0v) is 20.4. The third kappa shape index (κ3) is 7.71. The van der Waals surface area contributed by atoms with Gasteiger partial charge in [-0.3, -0.25) is 4.79 Å². The summed E-state index contributed by atoms with van der Waals surface area (Å²) < 4.78 is 16.5. The minimum absolute atomic E-state index is 0.138. The summed E-state index contributed by atoms with van der Waals surface area (Å²) in [5, 5.41) is 3.97. The van der Waals surface area contributed by atoms with Crippen molar-refractivity contribution in [1.29, 1.82) is 0 Å². The maximum absolute atomic E-state index is 12.3. The zero-order chi connectivity index (χ0) is 25.2. The number of hydrogen-bond acceptors (Lipinski definition) is 6. The highest BCUT2D eigenvalue weighted by atomic mass is 16.5. The second-order valence-electron chi connectivity index (χ2n) is 8.19. The molecule has 0 radical (unpaired) electrons. The molecule has 35 heavy (non-hydrogen) atoms. The lowest BCUT2D eigenvalue weighted by Gasteiger charge is -2.14. The van der Waals surface area contributed by atoms with Gasteiger partial charge in [-0.25, -0.2) is 10.2 Å². The number of hydrazone groups is 1. The van der Waals surface area contributed by atoms with Crippen LogP contribution in [0.15, 0.2) is 71.8 Å². The van der Waals surface area contributed by atoms with Crippen LogP contribution in [-0.4, -0.2) is 31.3 Å².